The first-order valence-corrected chi connectivity index (χ1v) is 3.79. The summed E-state index contributed by atoms with van der Waals surface area (Å²) in [4.78, 5) is 4.17. The van der Waals surface area contributed by atoms with Crippen molar-refractivity contribution in [1.29, 1.82) is 0 Å². The highest BCUT2D eigenvalue weighted by Gasteiger charge is 2.02. The molecule has 1 aromatic heterocycles. The summed E-state index contributed by atoms with van der Waals surface area (Å²) in [6.07, 6.45) is 7.24. The molecule has 0 unspecified atom stereocenters. The van der Waals surface area contributed by atoms with E-state index < -0.39 is 0 Å². The van der Waals surface area contributed by atoms with Crippen LogP contribution >= 0.6 is 0 Å². The molecular formula is C9H13N3. The van der Waals surface area contributed by atoms with Gasteiger partial charge in [-0.1, -0.05) is 18.7 Å². The van der Waals surface area contributed by atoms with Crippen LogP contribution in [0.5, 0.6) is 0 Å². The smallest absolute Gasteiger partial charge is 0.136 e. The predicted molar refractivity (Wildman–Crippen MR) is 50.4 cm³/mol. The zero-order valence-corrected chi connectivity index (χ0v) is 7.20. The van der Waals surface area contributed by atoms with Crippen LogP contribution in [0, 0.1) is 0 Å². The van der Waals surface area contributed by atoms with E-state index in [0.717, 1.165) is 11.4 Å². The molecule has 0 aromatic carbocycles. The molecule has 1 aromatic rings. The quantitative estimate of drug-likeness (QED) is 0.674. The molecule has 0 aliphatic heterocycles. The molecule has 2 N–H and O–H groups in total. The van der Waals surface area contributed by atoms with E-state index in [1.54, 1.807) is 12.3 Å². The van der Waals surface area contributed by atoms with Crippen LogP contribution in [-0.4, -0.2) is 16.1 Å². The summed E-state index contributed by atoms with van der Waals surface area (Å²) in [6.45, 7) is 4.10. The van der Waals surface area contributed by atoms with E-state index in [0.29, 0.717) is 6.54 Å². The summed E-state index contributed by atoms with van der Waals surface area (Å²) < 4.78 is 1.93. The Bertz CT molecular complexity index is 296. The number of hydrogen-bond donors (Lipinski definition) is 1. The first kappa shape index (κ1) is 8.74. The SMILES string of the molecule is C=C/C=C(/CN)c1nccn1C. The van der Waals surface area contributed by atoms with Gasteiger partial charge in [-0.3, -0.25) is 0 Å². The van der Waals surface area contributed by atoms with Crippen molar-refractivity contribution in [2.75, 3.05) is 6.54 Å². The maximum absolute atomic E-state index is 5.55. The number of nitrogens with two attached hydrogens (primary N) is 1. The molecule has 0 aliphatic carbocycles. The Morgan fingerprint density at radius 2 is 2.58 bits per heavy atom. The molecule has 1 heterocycles. The van der Waals surface area contributed by atoms with Crippen molar-refractivity contribution in [3.05, 3.63) is 36.9 Å². The van der Waals surface area contributed by atoms with E-state index in [4.69, 9.17) is 5.73 Å². The lowest BCUT2D eigenvalue weighted by Crippen LogP contribution is -2.06. The monoisotopic (exact) mass is 163 g/mol. The van der Waals surface area contributed by atoms with Crippen molar-refractivity contribution < 1.29 is 0 Å². The zero-order chi connectivity index (χ0) is 8.97. The number of rotatable bonds is 3. The number of imidazole rings is 1. The fourth-order valence-corrected chi connectivity index (χ4v) is 1.05. The maximum Gasteiger partial charge on any atom is 0.136 e. The van der Waals surface area contributed by atoms with Crippen LogP contribution < -0.4 is 5.73 Å². The second kappa shape index (κ2) is 3.88. The summed E-state index contributed by atoms with van der Waals surface area (Å²) in [5, 5.41) is 0. The number of hydrogen-bond acceptors (Lipinski definition) is 2. The third-order valence-electron chi connectivity index (χ3n) is 1.65. The first-order chi connectivity index (χ1) is 5.79. The van der Waals surface area contributed by atoms with Crippen LogP contribution in [0.2, 0.25) is 0 Å². The van der Waals surface area contributed by atoms with Crippen LogP contribution in [0.4, 0.5) is 0 Å². The Labute approximate surface area is 72.2 Å². The molecule has 0 saturated carbocycles. The van der Waals surface area contributed by atoms with Gasteiger partial charge in [0.25, 0.3) is 0 Å². The Kier molecular flexibility index (Phi) is 2.82. The van der Waals surface area contributed by atoms with Gasteiger partial charge in [-0.2, -0.15) is 0 Å². The average Bonchev–Trinajstić information content (AvgIpc) is 2.47. The lowest BCUT2D eigenvalue weighted by Gasteiger charge is -2.02. The normalized spacial score (nSPS) is 11.7. The number of allylic oxidation sites excluding steroid dienone is 2. The second-order valence-electron chi connectivity index (χ2n) is 2.49. The van der Waals surface area contributed by atoms with E-state index in [-0.39, 0.29) is 0 Å². The first-order valence-electron chi connectivity index (χ1n) is 3.79. The van der Waals surface area contributed by atoms with E-state index in [1.807, 2.05) is 23.9 Å². The standard InChI is InChI=1S/C9H13N3/c1-3-4-8(7-10)9-11-5-6-12(9)2/h3-6H,1,7,10H2,2H3/b8-4-. The van der Waals surface area contributed by atoms with E-state index in [1.165, 1.54) is 0 Å². The lowest BCUT2D eigenvalue weighted by atomic mass is 10.2. The van der Waals surface area contributed by atoms with Crippen LogP contribution in [-0.2, 0) is 7.05 Å². The van der Waals surface area contributed by atoms with E-state index in [2.05, 4.69) is 11.6 Å². The van der Waals surface area contributed by atoms with Crippen LogP contribution in [0.25, 0.3) is 5.57 Å². The molecule has 64 valence electrons. The fourth-order valence-electron chi connectivity index (χ4n) is 1.05. The maximum atomic E-state index is 5.55. The zero-order valence-electron chi connectivity index (χ0n) is 7.20. The van der Waals surface area contributed by atoms with Gasteiger partial charge < -0.3 is 10.3 Å². The van der Waals surface area contributed by atoms with Crippen LogP contribution in [0.1, 0.15) is 5.82 Å². The van der Waals surface area contributed by atoms with Crippen LogP contribution in [0.3, 0.4) is 0 Å². The van der Waals surface area contributed by atoms with Gasteiger partial charge in [-0.15, -0.1) is 0 Å². The van der Waals surface area contributed by atoms with Crippen LogP contribution in [0.15, 0.2) is 31.1 Å². The van der Waals surface area contributed by atoms with Gasteiger partial charge in [-0.25, -0.2) is 4.98 Å². The molecule has 0 saturated heterocycles. The van der Waals surface area contributed by atoms with Crippen molar-refractivity contribution in [3.63, 3.8) is 0 Å². The minimum absolute atomic E-state index is 0.483. The molecule has 0 fully saturated rings. The molecular weight excluding hydrogens is 150 g/mol. The fraction of sp³-hybridized carbons (Fsp3) is 0.222. The van der Waals surface area contributed by atoms with Gasteiger partial charge in [0.15, 0.2) is 0 Å². The van der Waals surface area contributed by atoms with Gasteiger partial charge in [0, 0.05) is 31.6 Å². The summed E-state index contributed by atoms with van der Waals surface area (Å²) in [5.74, 6) is 0.900. The molecule has 12 heavy (non-hydrogen) atoms. The largest absolute Gasteiger partial charge is 0.334 e. The summed E-state index contributed by atoms with van der Waals surface area (Å²) in [6, 6.07) is 0. The number of nitrogens with zero attached hydrogens (tertiary/aromatic N) is 2. The van der Waals surface area contributed by atoms with Crippen molar-refractivity contribution in [2.24, 2.45) is 12.8 Å². The number of aryl methyl sites for hydroxylation is 1. The highest BCUT2D eigenvalue weighted by molar-refractivity contribution is 5.63. The summed E-state index contributed by atoms with van der Waals surface area (Å²) >= 11 is 0. The summed E-state index contributed by atoms with van der Waals surface area (Å²) in [7, 11) is 1.94. The third kappa shape index (κ3) is 1.62. The molecule has 0 bridgehead atoms. The molecule has 3 nitrogen and oxygen atoms in total. The topological polar surface area (TPSA) is 43.8 Å². The van der Waals surface area contributed by atoms with Crippen molar-refractivity contribution in [2.45, 2.75) is 0 Å². The van der Waals surface area contributed by atoms with Crippen molar-refractivity contribution >= 4 is 5.57 Å². The predicted octanol–water partition coefficient (Wildman–Crippen LogP) is 0.948. The minimum Gasteiger partial charge on any atom is -0.334 e. The minimum atomic E-state index is 0.483. The molecule has 0 atom stereocenters. The molecule has 3 heteroatoms. The van der Waals surface area contributed by atoms with Crippen molar-refractivity contribution in [3.8, 4) is 0 Å². The molecule has 0 aliphatic rings. The van der Waals surface area contributed by atoms with Gasteiger partial charge in [0.05, 0.1) is 0 Å². The lowest BCUT2D eigenvalue weighted by molar-refractivity contribution is 0.884. The molecule has 0 amide bonds. The molecule has 1 rings (SSSR count). The molecule has 0 radical (unpaired) electrons. The van der Waals surface area contributed by atoms with E-state index >= 15 is 0 Å². The highest BCUT2D eigenvalue weighted by atomic mass is 15.0. The van der Waals surface area contributed by atoms with Gasteiger partial charge in [-0.05, 0) is 0 Å². The third-order valence-corrected chi connectivity index (χ3v) is 1.65. The van der Waals surface area contributed by atoms with Gasteiger partial charge in [0.1, 0.15) is 5.82 Å². The summed E-state index contributed by atoms with van der Waals surface area (Å²) in [5.41, 5.74) is 6.55. The van der Waals surface area contributed by atoms with E-state index in [9.17, 15) is 0 Å². The molecule has 0 spiro atoms. The van der Waals surface area contributed by atoms with Crippen molar-refractivity contribution in [1.82, 2.24) is 9.55 Å². The average molecular weight is 163 g/mol. The highest BCUT2D eigenvalue weighted by Crippen LogP contribution is 2.08. The van der Waals surface area contributed by atoms with Gasteiger partial charge >= 0.3 is 0 Å². The second-order valence-corrected chi connectivity index (χ2v) is 2.49. The Morgan fingerprint density at radius 3 is 3.00 bits per heavy atom. The number of aromatic nitrogens is 2. The van der Waals surface area contributed by atoms with Gasteiger partial charge in [0.2, 0.25) is 0 Å². The Hall–Kier alpha value is -1.35. The Balaban J connectivity index is 3.02. The Morgan fingerprint density at radius 1 is 1.83 bits per heavy atom.